The number of pyridine rings is 1. The zero-order valence-electron chi connectivity index (χ0n) is 12.8. The molecule has 0 saturated carbocycles. The molecule has 3 heteroatoms. The number of benzene rings is 3. The third kappa shape index (κ3) is 1.82. The summed E-state index contributed by atoms with van der Waals surface area (Å²) in [5.74, 6) is 0.271. The molecule has 3 nitrogen and oxygen atoms in total. The van der Waals surface area contributed by atoms with Crippen molar-refractivity contribution in [2.75, 3.05) is 0 Å². The van der Waals surface area contributed by atoms with Crippen LogP contribution in [0.15, 0.2) is 72.9 Å². The summed E-state index contributed by atoms with van der Waals surface area (Å²) >= 11 is 0. The van der Waals surface area contributed by atoms with E-state index in [0.29, 0.717) is 0 Å². The van der Waals surface area contributed by atoms with Gasteiger partial charge in [0.15, 0.2) is 0 Å². The first-order valence-corrected chi connectivity index (χ1v) is 7.89. The minimum atomic E-state index is 0.271. The summed E-state index contributed by atoms with van der Waals surface area (Å²) in [6.45, 7) is 0. The lowest BCUT2D eigenvalue weighted by molar-refractivity contribution is 0.475. The van der Waals surface area contributed by atoms with Crippen molar-refractivity contribution in [3.63, 3.8) is 0 Å². The maximum atomic E-state index is 9.57. The Hall–Kier alpha value is -3.33. The van der Waals surface area contributed by atoms with Crippen molar-refractivity contribution in [1.82, 2.24) is 9.97 Å². The molecular formula is C21H14N2O. The number of nitrogens with one attached hydrogen (secondary N) is 1. The van der Waals surface area contributed by atoms with Crippen molar-refractivity contribution >= 4 is 32.7 Å². The molecule has 114 valence electrons. The fraction of sp³-hybridized carbons (Fsp3) is 0. The smallest absolute Gasteiger partial charge is 0.115 e. The summed E-state index contributed by atoms with van der Waals surface area (Å²) in [5, 5.41) is 13.0. The quantitative estimate of drug-likeness (QED) is 0.445. The van der Waals surface area contributed by atoms with Gasteiger partial charge in [0, 0.05) is 33.4 Å². The third-order valence-electron chi connectivity index (χ3n) is 4.54. The molecule has 0 unspecified atom stereocenters. The number of hydrogen-bond acceptors (Lipinski definition) is 2. The molecule has 5 rings (SSSR count). The molecule has 2 N–H and O–H groups in total. The highest BCUT2D eigenvalue weighted by molar-refractivity contribution is 6.21. The van der Waals surface area contributed by atoms with Crippen LogP contribution in [0.1, 0.15) is 0 Å². The second-order valence-electron chi connectivity index (χ2n) is 5.96. The second kappa shape index (κ2) is 4.83. The van der Waals surface area contributed by atoms with Crippen molar-refractivity contribution in [3.05, 3.63) is 72.9 Å². The van der Waals surface area contributed by atoms with E-state index in [2.05, 4.69) is 40.3 Å². The summed E-state index contributed by atoms with van der Waals surface area (Å²) in [4.78, 5) is 8.17. The lowest BCUT2D eigenvalue weighted by Crippen LogP contribution is -1.85. The summed E-state index contributed by atoms with van der Waals surface area (Å²) in [6.07, 6.45) is 1.84. The monoisotopic (exact) mass is 310 g/mol. The Morgan fingerprint density at radius 1 is 0.792 bits per heavy atom. The first-order chi connectivity index (χ1) is 11.8. The number of rotatable bonds is 1. The number of hydrogen-bond donors (Lipinski definition) is 2. The normalized spacial score (nSPS) is 11.5. The van der Waals surface area contributed by atoms with Crippen molar-refractivity contribution in [2.45, 2.75) is 0 Å². The Morgan fingerprint density at radius 3 is 2.46 bits per heavy atom. The van der Waals surface area contributed by atoms with Crippen LogP contribution >= 0.6 is 0 Å². The molecular weight excluding hydrogens is 296 g/mol. The molecule has 0 radical (unpaired) electrons. The molecule has 0 spiro atoms. The molecule has 0 atom stereocenters. The second-order valence-corrected chi connectivity index (χ2v) is 5.96. The molecule has 0 bridgehead atoms. The molecule has 0 fully saturated rings. The first-order valence-electron chi connectivity index (χ1n) is 7.89. The van der Waals surface area contributed by atoms with Gasteiger partial charge in [-0.2, -0.15) is 0 Å². The van der Waals surface area contributed by atoms with E-state index in [4.69, 9.17) is 0 Å². The topological polar surface area (TPSA) is 48.9 Å². The number of phenols is 1. The Balaban J connectivity index is 1.97. The van der Waals surface area contributed by atoms with Gasteiger partial charge in [-0.15, -0.1) is 0 Å². The Labute approximate surface area is 138 Å². The maximum Gasteiger partial charge on any atom is 0.115 e. The number of aromatic nitrogens is 2. The molecule has 0 aliphatic rings. The Bertz CT molecular complexity index is 1200. The fourth-order valence-electron chi connectivity index (χ4n) is 3.45. The maximum absolute atomic E-state index is 9.57. The summed E-state index contributed by atoms with van der Waals surface area (Å²) < 4.78 is 0. The number of aromatic amines is 1. The van der Waals surface area contributed by atoms with Crippen LogP contribution in [0.3, 0.4) is 0 Å². The van der Waals surface area contributed by atoms with Crippen molar-refractivity contribution < 1.29 is 5.11 Å². The van der Waals surface area contributed by atoms with Gasteiger partial charge in [-0.05, 0) is 41.5 Å². The van der Waals surface area contributed by atoms with Gasteiger partial charge in [-0.3, -0.25) is 4.98 Å². The van der Waals surface area contributed by atoms with Crippen LogP contribution in [0.25, 0.3) is 43.8 Å². The van der Waals surface area contributed by atoms with E-state index in [1.165, 1.54) is 5.39 Å². The van der Waals surface area contributed by atoms with E-state index in [1.54, 1.807) is 12.1 Å². The largest absolute Gasteiger partial charge is 0.508 e. The fourth-order valence-corrected chi connectivity index (χ4v) is 3.45. The number of H-pyrrole nitrogens is 1. The summed E-state index contributed by atoms with van der Waals surface area (Å²) in [7, 11) is 0. The predicted molar refractivity (Wildman–Crippen MR) is 98.2 cm³/mol. The van der Waals surface area contributed by atoms with Crippen LogP contribution in [0.4, 0.5) is 0 Å². The number of nitrogens with zero attached hydrogens (tertiary/aromatic N) is 1. The standard InChI is InChI=1S/C21H14N2O/c24-14-9-7-13(8-10-14)17-12-19-20(21-15(17)5-3-11-22-21)16-4-1-2-6-18(16)23-19/h1-12,23-24H. The van der Waals surface area contributed by atoms with E-state index in [-0.39, 0.29) is 5.75 Å². The molecule has 2 heterocycles. The van der Waals surface area contributed by atoms with Gasteiger partial charge in [-0.1, -0.05) is 36.4 Å². The van der Waals surface area contributed by atoms with Crippen LogP contribution < -0.4 is 0 Å². The van der Waals surface area contributed by atoms with Gasteiger partial charge in [-0.25, -0.2) is 0 Å². The molecule has 0 aliphatic carbocycles. The van der Waals surface area contributed by atoms with Crippen molar-refractivity contribution in [2.24, 2.45) is 0 Å². The average Bonchev–Trinajstić information content (AvgIpc) is 3.00. The summed E-state index contributed by atoms with van der Waals surface area (Å²) in [6, 6.07) is 21.8. The van der Waals surface area contributed by atoms with Gasteiger partial charge in [0.05, 0.1) is 5.52 Å². The van der Waals surface area contributed by atoms with Crippen molar-refractivity contribution in [3.8, 4) is 16.9 Å². The molecule has 0 aliphatic heterocycles. The SMILES string of the molecule is Oc1ccc(-c2cc3[nH]c4ccccc4c3c3ncccc23)cc1. The molecule has 0 amide bonds. The van der Waals surface area contributed by atoms with E-state index in [9.17, 15) is 5.11 Å². The number of aromatic hydroxyl groups is 1. The molecule has 3 aromatic carbocycles. The van der Waals surface area contributed by atoms with E-state index in [0.717, 1.165) is 38.4 Å². The third-order valence-corrected chi connectivity index (χ3v) is 4.54. The van der Waals surface area contributed by atoms with Gasteiger partial charge in [0.25, 0.3) is 0 Å². The number of para-hydroxylation sites is 1. The average molecular weight is 310 g/mol. The predicted octanol–water partition coefficient (Wildman–Crippen LogP) is 5.24. The Morgan fingerprint density at radius 2 is 1.58 bits per heavy atom. The van der Waals surface area contributed by atoms with Crippen LogP contribution in [0.5, 0.6) is 5.75 Å². The summed E-state index contributed by atoms with van der Waals surface area (Å²) in [5.41, 5.74) is 5.35. The number of fused-ring (bicyclic) bond motifs is 5. The highest BCUT2D eigenvalue weighted by atomic mass is 16.3. The molecule has 2 aromatic heterocycles. The highest BCUT2D eigenvalue weighted by Crippen LogP contribution is 2.37. The lowest BCUT2D eigenvalue weighted by Gasteiger charge is -2.08. The van der Waals surface area contributed by atoms with Gasteiger partial charge >= 0.3 is 0 Å². The first kappa shape index (κ1) is 13.1. The molecule has 5 aromatic rings. The molecule has 0 saturated heterocycles. The lowest BCUT2D eigenvalue weighted by atomic mass is 9.97. The highest BCUT2D eigenvalue weighted by Gasteiger charge is 2.13. The molecule has 24 heavy (non-hydrogen) atoms. The van der Waals surface area contributed by atoms with Crippen LogP contribution in [0.2, 0.25) is 0 Å². The Kier molecular flexibility index (Phi) is 2.65. The zero-order valence-corrected chi connectivity index (χ0v) is 12.8. The minimum absolute atomic E-state index is 0.271. The van der Waals surface area contributed by atoms with Gasteiger partial charge in [0.1, 0.15) is 5.75 Å². The van der Waals surface area contributed by atoms with Crippen LogP contribution in [0, 0.1) is 0 Å². The van der Waals surface area contributed by atoms with Crippen LogP contribution in [-0.2, 0) is 0 Å². The van der Waals surface area contributed by atoms with E-state index < -0.39 is 0 Å². The van der Waals surface area contributed by atoms with Crippen molar-refractivity contribution in [1.29, 1.82) is 0 Å². The van der Waals surface area contributed by atoms with E-state index >= 15 is 0 Å². The zero-order chi connectivity index (χ0) is 16.1. The van der Waals surface area contributed by atoms with Crippen LogP contribution in [-0.4, -0.2) is 15.1 Å². The van der Waals surface area contributed by atoms with Gasteiger partial charge < -0.3 is 10.1 Å². The van der Waals surface area contributed by atoms with E-state index in [1.807, 2.05) is 30.5 Å². The minimum Gasteiger partial charge on any atom is -0.508 e. The number of phenolic OH excluding ortho intramolecular Hbond substituents is 1. The van der Waals surface area contributed by atoms with Gasteiger partial charge in [0.2, 0.25) is 0 Å².